The number of rotatable bonds is 6. The van der Waals surface area contributed by atoms with Gasteiger partial charge in [0.05, 0.1) is 29.1 Å². The van der Waals surface area contributed by atoms with E-state index in [-0.39, 0.29) is 5.88 Å². The normalized spacial score (nSPS) is 14.1. The van der Waals surface area contributed by atoms with Crippen LogP contribution in [-0.4, -0.2) is 28.4 Å². The lowest BCUT2D eigenvalue weighted by molar-refractivity contribution is 0.0526. The number of aliphatic imine (C=N–C) groups is 1. The van der Waals surface area contributed by atoms with E-state index in [1.165, 1.54) is 43.2 Å². The number of hydrogen-bond acceptors (Lipinski definition) is 4. The molecule has 5 nitrogen and oxygen atoms in total. The number of aromatic amines is 1. The van der Waals surface area contributed by atoms with Gasteiger partial charge in [0.15, 0.2) is 5.88 Å². The number of aromatic nitrogens is 1. The molecule has 1 aromatic heterocycles. The first-order valence-corrected chi connectivity index (χ1v) is 12.6. The summed E-state index contributed by atoms with van der Waals surface area (Å²) in [5.74, 6) is -0.387. The van der Waals surface area contributed by atoms with E-state index in [0.717, 1.165) is 16.6 Å². The van der Waals surface area contributed by atoms with Crippen LogP contribution in [0.3, 0.4) is 0 Å². The Morgan fingerprint density at radius 1 is 0.972 bits per heavy atom. The average molecular weight is 479 g/mol. The zero-order chi connectivity index (χ0) is 24.9. The third-order valence-electron chi connectivity index (χ3n) is 6.57. The summed E-state index contributed by atoms with van der Waals surface area (Å²) >= 11 is 0. The smallest absolute Gasteiger partial charge is 0.338 e. The molecular weight excluding hydrogens is 448 g/mol. The largest absolute Gasteiger partial charge is 0.494 e. The molecule has 5 heteroatoms. The van der Waals surface area contributed by atoms with Gasteiger partial charge in [-0.1, -0.05) is 66.6 Å². The Bertz CT molecular complexity index is 1420. The molecule has 3 aromatic carbocycles. The van der Waals surface area contributed by atoms with Crippen LogP contribution in [0.25, 0.3) is 17.0 Å². The van der Waals surface area contributed by atoms with Gasteiger partial charge in [-0.2, -0.15) is 0 Å². The lowest BCUT2D eigenvalue weighted by Gasteiger charge is -2.13. The molecule has 2 N–H and O–H groups in total. The van der Waals surface area contributed by atoms with E-state index in [1.807, 2.05) is 48.5 Å². The van der Waals surface area contributed by atoms with Gasteiger partial charge in [0, 0.05) is 16.5 Å². The second kappa shape index (κ2) is 10.6. The molecule has 0 amide bonds. The van der Waals surface area contributed by atoms with Crippen LogP contribution in [0.5, 0.6) is 5.88 Å². The van der Waals surface area contributed by atoms with Crippen LogP contribution >= 0.6 is 0 Å². The molecule has 1 saturated carbocycles. The van der Waals surface area contributed by atoms with Gasteiger partial charge in [0.25, 0.3) is 0 Å². The number of carbonyl (C=O) groups is 1. The Kier molecular flexibility index (Phi) is 6.99. The highest BCUT2D eigenvalue weighted by Gasteiger charge is 2.20. The summed E-state index contributed by atoms with van der Waals surface area (Å²) in [5.41, 5.74) is 6.72. The van der Waals surface area contributed by atoms with E-state index in [9.17, 15) is 9.90 Å². The zero-order valence-electron chi connectivity index (χ0n) is 20.5. The third kappa shape index (κ3) is 5.10. The number of ether oxygens (including phenoxy) is 1. The molecule has 0 saturated heterocycles. The first-order valence-electron chi connectivity index (χ1n) is 12.6. The Morgan fingerprint density at radius 3 is 2.44 bits per heavy atom. The van der Waals surface area contributed by atoms with E-state index < -0.39 is 5.97 Å². The maximum absolute atomic E-state index is 12.2. The quantitative estimate of drug-likeness (QED) is 0.222. The van der Waals surface area contributed by atoms with Gasteiger partial charge in [0.1, 0.15) is 0 Å². The molecule has 0 radical (unpaired) electrons. The standard InChI is InChI=1S/C31H30N2O3/c1-2-36-31(35)24-15-18-26-27(20-24)33-30(34)28(26)29(23-11-7-4-8-12-23)32-25-16-13-22(14-17-25)19-21-9-5-3-6-10-21/h4,7-8,11-20,33-34H,2-3,5-6,9-10H2,1H3. The zero-order valence-corrected chi connectivity index (χ0v) is 20.5. The van der Waals surface area contributed by atoms with Crippen molar-refractivity contribution in [2.24, 2.45) is 4.99 Å². The molecule has 1 heterocycles. The molecule has 1 aliphatic carbocycles. The van der Waals surface area contributed by atoms with E-state index in [4.69, 9.17) is 9.73 Å². The first kappa shape index (κ1) is 23.6. The van der Waals surface area contributed by atoms with Gasteiger partial charge in [-0.15, -0.1) is 0 Å². The highest BCUT2D eigenvalue weighted by molar-refractivity contribution is 6.22. The third-order valence-corrected chi connectivity index (χ3v) is 6.57. The maximum atomic E-state index is 12.2. The summed E-state index contributed by atoms with van der Waals surface area (Å²) in [4.78, 5) is 20.2. The second-order valence-corrected chi connectivity index (χ2v) is 9.11. The monoisotopic (exact) mass is 478 g/mol. The minimum atomic E-state index is -0.393. The average Bonchev–Trinajstić information content (AvgIpc) is 3.24. The summed E-state index contributed by atoms with van der Waals surface area (Å²) in [7, 11) is 0. The fourth-order valence-electron chi connectivity index (χ4n) is 4.79. The lowest BCUT2D eigenvalue weighted by Crippen LogP contribution is -2.05. The molecule has 0 unspecified atom stereocenters. The first-order chi connectivity index (χ1) is 17.6. The van der Waals surface area contributed by atoms with Crippen LogP contribution < -0.4 is 0 Å². The highest BCUT2D eigenvalue weighted by Crippen LogP contribution is 2.32. The van der Waals surface area contributed by atoms with Crippen LogP contribution in [0.1, 0.15) is 66.1 Å². The predicted molar refractivity (Wildman–Crippen MR) is 145 cm³/mol. The topological polar surface area (TPSA) is 74.7 Å². The molecule has 182 valence electrons. The number of allylic oxidation sites excluding steroid dienone is 1. The van der Waals surface area contributed by atoms with Crippen molar-refractivity contribution < 1.29 is 14.6 Å². The molecular formula is C31H30N2O3. The van der Waals surface area contributed by atoms with E-state index in [1.54, 1.807) is 19.1 Å². The highest BCUT2D eigenvalue weighted by atomic mass is 16.5. The minimum absolute atomic E-state index is 0.00673. The van der Waals surface area contributed by atoms with E-state index in [0.29, 0.717) is 29.0 Å². The summed E-state index contributed by atoms with van der Waals surface area (Å²) < 4.78 is 5.12. The Balaban J connectivity index is 1.55. The number of nitrogens with one attached hydrogen (secondary N) is 1. The van der Waals surface area contributed by atoms with Crippen molar-refractivity contribution in [2.75, 3.05) is 6.61 Å². The predicted octanol–water partition coefficient (Wildman–Crippen LogP) is 7.57. The number of nitrogens with zero attached hydrogens (tertiary/aromatic N) is 1. The van der Waals surface area contributed by atoms with Crippen LogP contribution in [-0.2, 0) is 4.74 Å². The van der Waals surface area contributed by atoms with Gasteiger partial charge >= 0.3 is 5.97 Å². The van der Waals surface area contributed by atoms with Crippen LogP contribution in [0.2, 0.25) is 0 Å². The summed E-state index contributed by atoms with van der Waals surface area (Å²) in [6.45, 7) is 2.08. The van der Waals surface area contributed by atoms with Gasteiger partial charge < -0.3 is 14.8 Å². The molecule has 0 atom stereocenters. The van der Waals surface area contributed by atoms with Gasteiger partial charge in [-0.3, -0.25) is 0 Å². The molecule has 0 aliphatic heterocycles. The van der Waals surface area contributed by atoms with Crippen LogP contribution in [0.15, 0.2) is 83.4 Å². The van der Waals surface area contributed by atoms with Gasteiger partial charge in [-0.25, -0.2) is 9.79 Å². The number of aromatic hydroxyl groups is 1. The van der Waals surface area contributed by atoms with Crippen molar-refractivity contribution in [3.05, 3.63) is 101 Å². The Labute approximate surface area is 211 Å². The number of carbonyl (C=O) groups excluding carboxylic acids is 1. The Morgan fingerprint density at radius 2 is 1.72 bits per heavy atom. The number of fused-ring (bicyclic) bond motifs is 1. The summed E-state index contributed by atoms with van der Waals surface area (Å²) in [5, 5.41) is 11.7. The van der Waals surface area contributed by atoms with Crippen molar-refractivity contribution in [3.63, 3.8) is 0 Å². The molecule has 0 bridgehead atoms. The number of H-pyrrole nitrogens is 1. The van der Waals surface area contributed by atoms with Crippen molar-refractivity contribution in [3.8, 4) is 5.88 Å². The number of esters is 1. The van der Waals surface area contributed by atoms with Crippen molar-refractivity contribution in [1.29, 1.82) is 0 Å². The fraction of sp³-hybridized carbons (Fsp3) is 0.226. The molecule has 1 fully saturated rings. The molecule has 1 aliphatic rings. The second-order valence-electron chi connectivity index (χ2n) is 9.11. The maximum Gasteiger partial charge on any atom is 0.338 e. The minimum Gasteiger partial charge on any atom is -0.494 e. The van der Waals surface area contributed by atoms with Crippen molar-refractivity contribution in [1.82, 2.24) is 4.98 Å². The van der Waals surface area contributed by atoms with Crippen LogP contribution in [0, 0.1) is 0 Å². The lowest BCUT2D eigenvalue weighted by atomic mass is 9.93. The van der Waals surface area contributed by atoms with E-state index in [2.05, 4.69) is 23.2 Å². The van der Waals surface area contributed by atoms with Crippen molar-refractivity contribution >= 4 is 34.3 Å². The Hall–Kier alpha value is -4.12. The SMILES string of the molecule is CCOC(=O)c1ccc2c(C(=Nc3ccc(C=C4CCCCC4)cc3)c3ccccc3)c(O)[nH]c2c1. The van der Waals surface area contributed by atoms with E-state index >= 15 is 0 Å². The molecule has 5 rings (SSSR count). The molecule has 0 spiro atoms. The number of benzene rings is 3. The summed E-state index contributed by atoms with van der Waals surface area (Å²) in [6, 6.07) is 23.3. The van der Waals surface area contributed by atoms with Gasteiger partial charge in [-0.05, 0) is 62.4 Å². The van der Waals surface area contributed by atoms with Gasteiger partial charge in [0.2, 0.25) is 0 Å². The fourth-order valence-corrected chi connectivity index (χ4v) is 4.79. The number of hydrogen-bond donors (Lipinski definition) is 2. The summed E-state index contributed by atoms with van der Waals surface area (Å²) in [6.07, 6.45) is 8.58. The molecule has 4 aromatic rings. The molecule has 36 heavy (non-hydrogen) atoms. The van der Waals surface area contributed by atoms with Crippen LogP contribution in [0.4, 0.5) is 5.69 Å². The van der Waals surface area contributed by atoms with Crippen molar-refractivity contribution in [2.45, 2.75) is 39.0 Å².